The number of hydrogen-bond donors (Lipinski definition) is 0. The molecule has 0 amide bonds. The van der Waals surface area contributed by atoms with E-state index in [1.54, 1.807) is 12.4 Å². The number of aromatic nitrogens is 3. The van der Waals surface area contributed by atoms with E-state index in [0.717, 1.165) is 26.4 Å². The normalized spacial score (nSPS) is 11.4. The first kappa shape index (κ1) is 14.7. The number of benzene rings is 1. The molecule has 0 N–H and O–H groups in total. The quantitative estimate of drug-likeness (QED) is 0.682. The van der Waals surface area contributed by atoms with E-state index in [9.17, 15) is 5.26 Å². The van der Waals surface area contributed by atoms with Gasteiger partial charge in [0.2, 0.25) is 0 Å². The molecule has 2 heterocycles. The molecule has 1 radical (unpaired) electrons. The molecule has 0 aliphatic heterocycles. The van der Waals surface area contributed by atoms with E-state index < -0.39 is 0 Å². The molecule has 0 fully saturated rings. The summed E-state index contributed by atoms with van der Waals surface area (Å²) in [5.41, 5.74) is 3.50. The molecule has 3 aromatic rings. The van der Waals surface area contributed by atoms with Crippen LogP contribution in [0, 0.1) is 11.3 Å². The van der Waals surface area contributed by atoms with Crippen molar-refractivity contribution in [2.75, 3.05) is 0 Å². The van der Waals surface area contributed by atoms with Crippen LogP contribution in [-0.2, 0) is 0 Å². The molecule has 1 aromatic carbocycles. The Morgan fingerprint density at radius 3 is 2.50 bits per heavy atom. The molecule has 0 aliphatic rings. The van der Waals surface area contributed by atoms with Crippen LogP contribution in [-0.4, -0.2) is 30.9 Å². The maximum atomic E-state index is 9.28. The monoisotopic (exact) mass is 349 g/mol. The summed E-state index contributed by atoms with van der Waals surface area (Å²) in [4.78, 5) is 4.04. The molecule has 0 atom stereocenters. The van der Waals surface area contributed by atoms with E-state index in [2.05, 4.69) is 47.2 Å². The number of fused-ring (bicyclic) bond motifs is 1. The van der Waals surface area contributed by atoms with Gasteiger partial charge in [-0.3, -0.25) is 0 Å². The molecule has 0 saturated carbocycles. The molecule has 2 aromatic heterocycles. The van der Waals surface area contributed by atoms with E-state index in [0.29, 0.717) is 10.4 Å². The van der Waals surface area contributed by atoms with Crippen LogP contribution in [0.4, 0.5) is 0 Å². The van der Waals surface area contributed by atoms with Gasteiger partial charge in [-0.05, 0) is 0 Å². The summed E-state index contributed by atoms with van der Waals surface area (Å²) in [5, 5.41) is 18.7. The second kappa shape index (κ2) is 6.25. The summed E-state index contributed by atoms with van der Waals surface area (Å²) >= 11 is -0.103. The van der Waals surface area contributed by atoms with Gasteiger partial charge in [-0.1, -0.05) is 0 Å². The van der Waals surface area contributed by atoms with Gasteiger partial charge in [0.15, 0.2) is 0 Å². The third-order valence-electron chi connectivity index (χ3n) is 3.24. The predicted octanol–water partition coefficient (Wildman–Crippen LogP) is 2.72. The fourth-order valence-electron chi connectivity index (χ4n) is 2.28. The van der Waals surface area contributed by atoms with Gasteiger partial charge in [0, 0.05) is 0 Å². The second-order valence-corrected chi connectivity index (χ2v) is 8.85. The summed E-state index contributed by atoms with van der Waals surface area (Å²) in [6, 6.07) is 12.3. The van der Waals surface area contributed by atoms with Gasteiger partial charge in [0.1, 0.15) is 0 Å². The van der Waals surface area contributed by atoms with Gasteiger partial charge < -0.3 is 0 Å². The van der Waals surface area contributed by atoms with Crippen LogP contribution >= 0.6 is 0 Å². The van der Waals surface area contributed by atoms with Crippen LogP contribution in [0.3, 0.4) is 0 Å². The summed E-state index contributed by atoms with van der Waals surface area (Å²) in [7, 11) is 0. The van der Waals surface area contributed by atoms with Crippen molar-refractivity contribution in [3.8, 4) is 17.2 Å². The van der Waals surface area contributed by atoms with Gasteiger partial charge in [-0.2, -0.15) is 0 Å². The van der Waals surface area contributed by atoms with Crippen LogP contribution in [0.5, 0.6) is 0 Å². The van der Waals surface area contributed by atoms with Crippen molar-refractivity contribution in [2.45, 2.75) is 18.6 Å². The molecular formula is C17H14AsN4. The van der Waals surface area contributed by atoms with Gasteiger partial charge >= 0.3 is 136 Å². The predicted molar refractivity (Wildman–Crippen MR) is 88.0 cm³/mol. The van der Waals surface area contributed by atoms with Crippen LogP contribution in [0.25, 0.3) is 22.0 Å². The summed E-state index contributed by atoms with van der Waals surface area (Å²) in [6.07, 6.45) is 3.55. The Hall–Kier alpha value is -2.24. The van der Waals surface area contributed by atoms with Crippen molar-refractivity contribution in [3.05, 3.63) is 48.4 Å². The number of rotatable bonds is 3. The van der Waals surface area contributed by atoms with Gasteiger partial charge in [-0.25, -0.2) is 0 Å². The number of hydrogen-bond acceptors (Lipinski definition) is 4. The molecule has 0 spiro atoms. The van der Waals surface area contributed by atoms with Gasteiger partial charge in [-0.15, -0.1) is 0 Å². The van der Waals surface area contributed by atoms with Crippen molar-refractivity contribution < 1.29 is 0 Å². The zero-order valence-electron chi connectivity index (χ0n) is 12.4. The van der Waals surface area contributed by atoms with Gasteiger partial charge in [0.05, 0.1) is 0 Å². The van der Waals surface area contributed by atoms with Crippen LogP contribution in [0.2, 0.25) is 4.71 Å². The zero-order chi connectivity index (χ0) is 15.5. The Labute approximate surface area is 135 Å². The van der Waals surface area contributed by atoms with Crippen molar-refractivity contribution in [1.82, 2.24) is 15.2 Å². The summed E-state index contributed by atoms with van der Waals surface area (Å²) in [5.74, 6) is 0. The molecule has 0 unspecified atom stereocenters. The van der Waals surface area contributed by atoms with Crippen LogP contribution in [0.1, 0.15) is 19.5 Å². The topological polar surface area (TPSA) is 62.5 Å². The zero-order valence-corrected chi connectivity index (χ0v) is 14.2. The summed E-state index contributed by atoms with van der Waals surface area (Å²) < 4.78 is 1.63. The first-order valence-electron chi connectivity index (χ1n) is 7.01. The van der Waals surface area contributed by atoms with Crippen molar-refractivity contribution in [2.24, 2.45) is 0 Å². The molecule has 0 saturated heterocycles. The van der Waals surface area contributed by atoms with Crippen molar-refractivity contribution >= 4 is 31.0 Å². The van der Waals surface area contributed by atoms with Crippen LogP contribution in [0.15, 0.2) is 42.7 Å². The minimum atomic E-state index is -0.103. The van der Waals surface area contributed by atoms with Crippen molar-refractivity contribution in [3.63, 3.8) is 0 Å². The average Bonchev–Trinajstić information content (AvgIpc) is 2.55. The molecule has 107 valence electrons. The Bertz CT molecular complexity index is 854. The van der Waals surface area contributed by atoms with Crippen molar-refractivity contribution in [1.29, 1.82) is 5.26 Å². The fourth-order valence-corrected chi connectivity index (χ4v) is 4.51. The molecule has 0 aliphatic carbocycles. The third kappa shape index (κ3) is 2.86. The minimum absolute atomic E-state index is 0.103. The van der Waals surface area contributed by atoms with E-state index in [-0.39, 0.29) is 15.8 Å². The Morgan fingerprint density at radius 2 is 1.82 bits per heavy atom. The number of nitrogens with zero attached hydrogens (tertiary/aromatic N) is 4. The first-order chi connectivity index (χ1) is 10.7. The first-order valence-corrected chi connectivity index (χ1v) is 9.03. The van der Waals surface area contributed by atoms with Crippen LogP contribution < -0.4 is 4.35 Å². The van der Waals surface area contributed by atoms with E-state index in [1.807, 2.05) is 18.2 Å². The summed E-state index contributed by atoms with van der Waals surface area (Å²) in [6.45, 7) is 4.36. The Kier molecular flexibility index (Phi) is 4.17. The second-order valence-electron chi connectivity index (χ2n) is 5.20. The van der Waals surface area contributed by atoms with E-state index in [4.69, 9.17) is 0 Å². The Balaban J connectivity index is 2.17. The maximum absolute atomic E-state index is 9.28. The van der Waals surface area contributed by atoms with E-state index in [1.165, 1.54) is 0 Å². The number of nitriles is 1. The molecule has 0 bridgehead atoms. The fraction of sp³-hybridized carbons (Fsp3) is 0.176. The molecule has 22 heavy (non-hydrogen) atoms. The van der Waals surface area contributed by atoms with Gasteiger partial charge in [0.25, 0.3) is 0 Å². The average molecular weight is 349 g/mol. The standard InChI is InChI=1S/C17H14AsN4/c1-11(2)18-17-14-4-3-13(12-5-7-20-8-6-12)9-15(14)21-22-16(17)10-19/h3-9,11H,1-2H3. The SMILES string of the molecule is CC(C)[As]c1c(C#N)nnc2cc(-c3ccncc3)ccc12. The van der Waals surface area contributed by atoms with E-state index >= 15 is 0 Å². The molecule has 4 nitrogen and oxygen atoms in total. The molecule has 3 rings (SSSR count). The molecular weight excluding hydrogens is 335 g/mol. The molecule has 5 heteroatoms. The number of pyridine rings is 1. The third-order valence-corrected chi connectivity index (χ3v) is 5.82. The Morgan fingerprint density at radius 1 is 1.05 bits per heavy atom.